The molecular weight excluding hydrogens is 290 g/mol. The van der Waals surface area contributed by atoms with E-state index < -0.39 is 15.0 Å². The van der Waals surface area contributed by atoms with Crippen LogP contribution >= 0.6 is 10.7 Å². The van der Waals surface area contributed by atoms with Gasteiger partial charge in [-0.15, -0.1) is 0 Å². The standard InChI is InChI=1S/C12H16ClNO4S/c1-7(2)9-5-10(18-6-12(14)15)8(3)4-11(9)19(13,16)17/h4-5,7H,6H2,1-3H3,(H2,14,15). The van der Waals surface area contributed by atoms with Crippen molar-refractivity contribution in [2.24, 2.45) is 5.73 Å². The lowest BCUT2D eigenvalue weighted by molar-refractivity contribution is -0.119. The van der Waals surface area contributed by atoms with Gasteiger partial charge < -0.3 is 10.5 Å². The summed E-state index contributed by atoms with van der Waals surface area (Å²) in [7, 11) is 1.59. The van der Waals surface area contributed by atoms with E-state index in [0.29, 0.717) is 16.9 Å². The van der Waals surface area contributed by atoms with E-state index in [1.807, 2.05) is 13.8 Å². The van der Waals surface area contributed by atoms with Gasteiger partial charge in [0.05, 0.1) is 4.90 Å². The lowest BCUT2D eigenvalue weighted by atomic mass is 10.0. The number of ether oxygens (including phenoxy) is 1. The zero-order chi connectivity index (χ0) is 14.8. The maximum atomic E-state index is 11.5. The number of nitrogens with two attached hydrogens (primary N) is 1. The molecule has 0 bridgehead atoms. The van der Waals surface area contributed by atoms with E-state index in [1.54, 1.807) is 13.0 Å². The lowest BCUT2D eigenvalue weighted by Gasteiger charge is -2.15. The van der Waals surface area contributed by atoms with E-state index in [4.69, 9.17) is 21.2 Å². The minimum atomic E-state index is -3.82. The molecule has 7 heteroatoms. The Morgan fingerprint density at radius 2 is 2.00 bits per heavy atom. The van der Waals surface area contributed by atoms with E-state index >= 15 is 0 Å². The smallest absolute Gasteiger partial charge is 0.261 e. The van der Waals surface area contributed by atoms with Crippen molar-refractivity contribution < 1.29 is 17.9 Å². The van der Waals surface area contributed by atoms with E-state index in [0.717, 1.165) is 0 Å². The fourth-order valence-corrected chi connectivity index (χ4v) is 2.94. The molecule has 0 atom stereocenters. The van der Waals surface area contributed by atoms with E-state index in [-0.39, 0.29) is 17.4 Å². The summed E-state index contributed by atoms with van der Waals surface area (Å²) in [5.41, 5.74) is 6.12. The van der Waals surface area contributed by atoms with Crippen LogP contribution in [0.3, 0.4) is 0 Å². The quantitative estimate of drug-likeness (QED) is 0.842. The molecule has 0 heterocycles. The predicted octanol–water partition coefficient (Wildman–Crippen LogP) is 1.91. The normalized spacial score (nSPS) is 11.6. The van der Waals surface area contributed by atoms with Crippen LogP contribution in [0, 0.1) is 6.92 Å². The van der Waals surface area contributed by atoms with Gasteiger partial charge in [-0.05, 0) is 36.1 Å². The van der Waals surface area contributed by atoms with Crippen molar-refractivity contribution in [3.63, 3.8) is 0 Å². The van der Waals surface area contributed by atoms with Crippen molar-refractivity contribution in [2.45, 2.75) is 31.6 Å². The molecule has 0 aromatic heterocycles. The zero-order valence-electron chi connectivity index (χ0n) is 10.9. The SMILES string of the molecule is Cc1cc(S(=O)(=O)Cl)c(C(C)C)cc1OCC(N)=O. The topological polar surface area (TPSA) is 86.5 Å². The molecular formula is C12H16ClNO4S. The monoisotopic (exact) mass is 305 g/mol. The number of amides is 1. The van der Waals surface area contributed by atoms with Crippen LogP contribution in [-0.2, 0) is 13.8 Å². The highest BCUT2D eigenvalue weighted by Gasteiger charge is 2.20. The average Bonchev–Trinajstić information content (AvgIpc) is 2.25. The predicted molar refractivity (Wildman–Crippen MR) is 73.0 cm³/mol. The average molecular weight is 306 g/mol. The zero-order valence-corrected chi connectivity index (χ0v) is 12.5. The minimum absolute atomic E-state index is 0.0555. The van der Waals surface area contributed by atoms with Gasteiger partial charge in [-0.3, -0.25) is 4.79 Å². The number of hydrogen-bond acceptors (Lipinski definition) is 4. The van der Waals surface area contributed by atoms with Gasteiger partial charge in [-0.2, -0.15) is 0 Å². The van der Waals surface area contributed by atoms with Crippen LogP contribution in [0.2, 0.25) is 0 Å². The molecule has 5 nitrogen and oxygen atoms in total. The molecule has 0 aliphatic carbocycles. The largest absolute Gasteiger partial charge is 0.484 e. The van der Waals surface area contributed by atoms with Crippen LogP contribution < -0.4 is 10.5 Å². The number of carbonyl (C=O) groups is 1. The maximum Gasteiger partial charge on any atom is 0.261 e. The summed E-state index contributed by atoms with van der Waals surface area (Å²) in [6.07, 6.45) is 0. The molecule has 1 aromatic rings. The Labute approximate surface area is 117 Å². The summed E-state index contributed by atoms with van der Waals surface area (Å²) < 4.78 is 28.3. The Kier molecular flexibility index (Phi) is 4.81. The summed E-state index contributed by atoms with van der Waals surface area (Å²) in [6.45, 7) is 5.10. The first-order valence-corrected chi connectivity index (χ1v) is 7.94. The number of aryl methyl sites for hydroxylation is 1. The minimum Gasteiger partial charge on any atom is -0.484 e. The number of carbonyl (C=O) groups excluding carboxylic acids is 1. The molecule has 0 fully saturated rings. The molecule has 0 spiro atoms. The number of benzene rings is 1. The second-order valence-electron chi connectivity index (χ2n) is 4.50. The van der Waals surface area contributed by atoms with Crippen LogP contribution in [0.15, 0.2) is 17.0 Å². The lowest BCUT2D eigenvalue weighted by Crippen LogP contribution is -2.20. The molecule has 0 unspecified atom stereocenters. The molecule has 2 N–H and O–H groups in total. The molecule has 0 radical (unpaired) electrons. The van der Waals surface area contributed by atoms with Gasteiger partial charge in [0.1, 0.15) is 5.75 Å². The van der Waals surface area contributed by atoms with Gasteiger partial charge in [-0.25, -0.2) is 8.42 Å². The van der Waals surface area contributed by atoms with Crippen LogP contribution in [0.1, 0.15) is 30.9 Å². The second-order valence-corrected chi connectivity index (χ2v) is 7.04. The van der Waals surface area contributed by atoms with Crippen LogP contribution in [0.4, 0.5) is 0 Å². The fraction of sp³-hybridized carbons (Fsp3) is 0.417. The number of rotatable bonds is 5. The van der Waals surface area contributed by atoms with Crippen molar-refractivity contribution >= 4 is 25.6 Å². The summed E-state index contributed by atoms with van der Waals surface area (Å²) in [4.78, 5) is 10.8. The molecule has 106 valence electrons. The van der Waals surface area contributed by atoms with E-state index in [9.17, 15) is 13.2 Å². The Morgan fingerprint density at radius 3 is 2.42 bits per heavy atom. The molecule has 19 heavy (non-hydrogen) atoms. The van der Waals surface area contributed by atoms with E-state index in [2.05, 4.69) is 0 Å². The second kappa shape index (κ2) is 5.79. The summed E-state index contributed by atoms with van der Waals surface area (Å²) >= 11 is 0. The highest BCUT2D eigenvalue weighted by Crippen LogP contribution is 2.32. The Balaban J connectivity index is 3.33. The van der Waals surface area contributed by atoms with Gasteiger partial charge >= 0.3 is 0 Å². The van der Waals surface area contributed by atoms with E-state index in [1.165, 1.54) is 6.07 Å². The maximum absolute atomic E-state index is 11.5. The third kappa shape index (κ3) is 4.11. The van der Waals surface area contributed by atoms with Gasteiger partial charge in [0.2, 0.25) is 0 Å². The summed E-state index contributed by atoms with van der Waals surface area (Å²) in [5.74, 6) is -0.230. The fourth-order valence-electron chi connectivity index (χ4n) is 1.64. The van der Waals surface area contributed by atoms with Crippen LogP contribution in [0.5, 0.6) is 5.75 Å². The third-order valence-electron chi connectivity index (χ3n) is 2.56. The molecule has 1 aromatic carbocycles. The first-order chi connectivity index (χ1) is 8.62. The molecule has 1 amide bonds. The molecule has 0 saturated carbocycles. The first kappa shape index (κ1) is 15.8. The molecule has 1 rings (SSSR count). The number of halogens is 1. The Hall–Kier alpha value is -1.27. The number of primary amides is 1. The van der Waals surface area contributed by atoms with Crippen molar-refractivity contribution in [1.82, 2.24) is 0 Å². The van der Waals surface area contributed by atoms with Crippen LogP contribution in [-0.4, -0.2) is 20.9 Å². The number of hydrogen-bond donors (Lipinski definition) is 1. The van der Waals surface area contributed by atoms with Gasteiger partial charge in [0.25, 0.3) is 15.0 Å². The molecule has 0 aliphatic rings. The van der Waals surface area contributed by atoms with Crippen molar-refractivity contribution in [2.75, 3.05) is 6.61 Å². The highest BCUT2D eigenvalue weighted by molar-refractivity contribution is 8.13. The molecule has 0 aliphatic heterocycles. The van der Waals surface area contributed by atoms with Gasteiger partial charge in [0.15, 0.2) is 6.61 Å². The van der Waals surface area contributed by atoms with Crippen molar-refractivity contribution in [3.05, 3.63) is 23.3 Å². The summed E-state index contributed by atoms with van der Waals surface area (Å²) in [5, 5.41) is 0. The Bertz CT molecular complexity index is 596. The third-order valence-corrected chi connectivity index (χ3v) is 3.94. The van der Waals surface area contributed by atoms with Gasteiger partial charge in [-0.1, -0.05) is 13.8 Å². The van der Waals surface area contributed by atoms with Crippen molar-refractivity contribution in [1.29, 1.82) is 0 Å². The highest BCUT2D eigenvalue weighted by atomic mass is 35.7. The van der Waals surface area contributed by atoms with Crippen molar-refractivity contribution in [3.8, 4) is 5.75 Å². The first-order valence-electron chi connectivity index (χ1n) is 5.63. The molecule has 0 saturated heterocycles. The summed E-state index contributed by atoms with van der Waals surface area (Å²) in [6, 6.07) is 3.02. The Morgan fingerprint density at radius 1 is 1.42 bits per heavy atom. The van der Waals surface area contributed by atoms with Gasteiger partial charge in [0, 0.05) is 10.7 Å². The van der Waals surface area contributed by atoms with Crippen LogP contribution in [0.25, 0.3) is 0 Å².